The van der Waals surface area contributed by atoms with Gasteiger partial charge in [0.2, 0.25) is 0 Å². The molecule has 3 N–H and O–H groups in total. The second kappa shape index (κ2) is 5.16. The van der Waals surface area contributed by atoms with E-state index in [-0.39, 0.29) is 5.91 Å². The fourth-order valence-electron chi connectivity index (χ4n) is 2.82. The van der Waals surface area contributed by atoms with Crippen molar-refractivity contribution in [3.63, 3.8) is 0 Å². The summed E-state index contributed by atoms with van der Waals surface area (Å²) in [6.07, 6.45) is 5.39. The van der Waals surface area contributed by atoms with Crippen LogP contribution in [-0.4, -0.2) is 12.5 Å². The van der Waals surface area contributed by atoms with Crippen molar-refractivity contribution < 1.29 is 4.79 Å². The number of hydrogen-bond donors (Lipinski definition) is 2. The largest absolute Gasteiger partial charge is 0.399 e. The van der Waals surface area contributed by atoms with Crippen molar-refractivity contribution in [3.8, 4) is 0 Å². The molecule has 0 heterocycles. The van der Waals surface area contributed by atoms with Crippen molar-refractivity contribution in [2.45, 2.75) is 25.7 Å². The fraction of sp³-hybridized carbons (Fsp3) is 0.533. The van der Waals surface area contributed by atoms with E-state index in [0.717, 1.165) is 22.9 Å². The summed E-state index contributed by atoms with van der Waals surface area (Å²) < 4.78 is 0.846. The predicted octanol–water partition coefficient (Wildman–Crippen LogP) is 3.20. The second-order valence-corrected chi connectivity index (χ2v) is 6.74. The quantitative estimate of drug-likeness (QED) is 0.818. The first kappa shape index (κ1) is 13.0. The molecule has 102 valence electrons. The number of nitrogens with one attached hydrogen (secondary N) is 1. The van der Waals surface area contributed by atoms with Gasteiger partial charge in [-0.15, -0.1) is 0 Å². The molecule has 19 heavy (non-hydrogen) atoms. The molecule has 3 nitrogen and oxygen atoms in total. The van der Waals surface area contributed by atoms with E-state index in [1.54, 1.807) is 12.1 Å². The van der Waals surface area contributed by atoms with Crippen LogP contribution in [0.3, 0.4) is 0 Å². The molecular weight excluding hydrogens is 304 g/mol. The molecule has 4 heteroatoms. The Bertz CT molecular complexity index is 463. The molecule has 3 rings (SSSR count). The van der Waals surface area contributed by atoms with Gasteiger partial charge in [0.25, 0.3) is 5.91 Å². The van der Waals surface area contributed by atoms with Gasteiger partial charge in [-0.25, -0.2) is 0 Å². The molecule has 0 spiro atoms. The molecule has 0 unspecified atom stereocenters. The SMILES string of the molecule is Nc1cc(Br)cc(C(=O)NCC(C2CC2)C2CC2)c1. The third-order valence-corrected chi connectivity index (χ3v) is 4.59. The summed E-state index contributed by atoms with van der Waals surface area (Å²) in [4.78, 5) is 12.2. The minimum Gasteiger partial charge on any atom is -0.399 e. The van der Waals surface area contributed by atoms with E-state index in [4.69, 9.17) is 5.73 Å². The maximum atomic E-state index is 12.2. The van der Waals surface area contributed by atoms with Crippen molar-refractivity contribution in [3.05, 3.63) is 28.2 Å². The van der Waals surface area contributed by atoms with Crippen LogP contribution in [0.5, 0.6) is 0 Å². The lowest BCUT2D eigenvalue weighted by atomic mass is 9.98. The van der Waals surface area contributed by atoms with Crippen LogP contribution in [0.4, 0.5) is 5.69 Å². The second-order valence-electron chi connectivity index (χ2n) is 5.82. The van der Waals surface area contributed by atoms with Crippen LogP contribution in [0.25, 0.3) is 0 Å². The Balaban J connectivity index is 1.60. The molecule has 0 aromatic heterocycles. The molecule has 1 aromatic rings. The first-order valence-electron chi connectivity index (χ1n) is 6.98. The van der Waals surface area contributed by atoms with Gasteiger partial charge in [-0.05, 0) is 61.6 Å². The fourth-order valence-corrected chi connectivity index (χ4v) is 3.33. The first-order valence-corrected chi connectivity index (χ1v) is 7.77. The van der Waals surface area contributed by atoms with Crippen molar-refractivity contribution in [1.82, 2.24) is 5.32 Å². The number of benzene rings is 1. The van der Waals surface area contributed by atoms with E-state index < -0.39 is 0 Å². The smallest absolute Gasteiger partial charge is 0.251 e. The van der Waals surface area contributed by atoms with Gasteiger partial charge < -0.3 is 11.1 Å². The Hall–Kier alpha value is -1.03. The van der Waals surface area contributed by atoms with Crippen LogP contribution in [0.15, 0.2) is 22.7 Å². The molecule has 2 aliphatic carbocycles. The average molecular weight is 323 g/mol. The molecule has 2 saturated carbocycles. The number of carbonyl (C=O) groups excluding carboxylic acids is 1. The van der Waals surface area contributed by atoms with Gasteiger partial charge in [0.05, 0.1) is 0 Å². The first-order chi connectivity index (χ1) is 9.13. The molecule has 0 radical (unpaired) electrons. The summed E-state index contributed by atoms with van der Waals surface area (Å²) in [5.41, 5.74) is 7.01. The molecule has 0 saturated heterocycles. The van der Waals surface area contributed by atoms with Crippen molar-refractivity contribution in [2.24, 2.45) is 17.8 Å². The third-order valence-electron chi connectivity index (χ3n) is 4.14. The number of anilines is 1. The minimum atomic E-state index is -0.0145. The summed E-state index contributed by atoms with van der Waals surface area (Å²) in [5, 5.41) is 3.08. The summed E-state index contributed by atoms with van der Waals surface area (Å²) in [6, 6.07) is 5.34. The van der Waals surface area contributed by atoms with Gasteiger partial charge in [0.15, 0.2) is 0 Å². The Morgan fingerprint density at radius 3 is 2.42 bits per heavy atom. The van der Waals surface area contributed by atoms with Crippen molar-refractivity contribution in [1.29, 1.82) is 0 Å². The highest BCUT2D eigenvalue weighted by Crippen LogP contribution is 2.48. The van der Waals surface area contributed by atoms with Gasteiger partial charge in [-0.2, -0.15) is 0 Å². The maximum absolute atomic E-state index is 12.2. The normalized spacial score (nSPS) is 18.6. The molecule has 2 fully saturated rings. The maximum Gasteiger partial charge on any atom is 0.251 e. The highest BCUT2D eigenvalue weighted by molar-refractivity contribution is 9.10. The van der Waals surface area contributed by atoms with Gasteiger partial charge in [0.1, 0.15) is 0 Å². The van der Waals surface area contributed by atoms with E-state index >= 15 is 0 Å². The topological polar surface area (TPSA) is 55.1 Å². The zero-order valence-electron chi connectivity index (χ0n) is 10.9. The summed E-state index contributed by atoms with van der Waals surface area (Å²) in [5.74, 6) is 2.41. The van der Waals surface area contributed by atoms with E-state index in [0.29, 0.717) is 17.2 Å². The molecule has 0 bridgehead atoms. The minimum absolute atomic E-state index is 0.0145. The summed E-state index contributed by atoms with van der Waals surface area (Å²) in [7, 11) is 0. The molecule has 1 aromatic carbocycles. The van der Waals surface area contributed by atoms with Gasteiger partial charge in [-0.3, -0.25) is 4.79 Å². The average Bonchev–Trinajstić information content (AvgIpc) is 3.22. The number of nitrogens with two attached hydrogens (primary N) is 1. The number of hydrogen-bond acceptors (Lipinski definition) is 2. The van der Waals surface area contributed by atoms with Crippen LogP contribution in [0.2, 0.25) is 0 Å². The van der Waals surface area contributed by atoms with Crippen molar-refractivity contribution in [2.75, 3.05) is 12.3 Å². The number of nitrogen functional groups attached to an aromatic ring is 1. The molecular formula is C15H19BrN2O. The van der Waals surface area contributed by atoms with Crippen LogP contribution in [-0.2, 0) is 0 Å². The zero-order chi connectivity index (χ0) is 13.4. The molecule has 2 aliphatic rings. The molecule has 0 aliphatic heterocycles. The molecule has 0 atom stereocenters. The van der Waals surface area contributed by atoms with E-state index in [1.807, 2.05) is 6.07 Å². The van der Waals surface area contributed by atoms with Crippen molar-refractivity contribution >= 4 is 27.5 Å². The predicted molar refractivity (Wildman–Crippen MR) is 79.8 cm³/mol. The standard InChI is InChI=1S/C15H19BrN2O/c16-12-5-11(6-13(17)7-12)15(19)18-8-14(9-1-2-9)10-3-4-10/h5-7,9-10,14H,1-4,8,17H2,(H,18,19). The number of amides is 1. The lowest BCUT2D eigenvalue weighted by Gasteiger charge is -2.16. The summed E-state index contributed by atoms with van der Waals surface area (Å²) in [6.45, 7) is 0.820. The number of rotatable bonds is 5. The van der Waals surface area contributed by atoms with Crippen LogP contribution >= 0.6 is 15.9 Å². The third kappa shape index (κ3) is 3.30. The van der Waals surface area contributed by atoms with E-state index in [2.05, 4.69) is 21.2 Å². The van der Waals surface area contributed by atoms with Gasteiger partial charge in [0, 0.05) is 22.3 Å². The lowest BCUT2D eigenvalue weighted by Crippen LogP contribution is -2.31. The Morgan fingerprint density at radius 2 is 1.89 bits per heavy atom. The number of halogens is 1. The highest BCUT2D eigenvalue weighted by atomic mass is 79.9. The lowest BCUT2D eigenvalue weighted by molar-refractivity contribution is 0.0943. The van der Waals surface area contributed by atoms with Crippen LogP contribution < -0.4 is 11.1 Å². The van der Waals surface area contributed by atoms with Gasteiger partial charge in [-0.1, -0.05) is 15.9 Å². The summed E-state index contributed by atoms with van der Waals surface area (Å²) >= 11 is 3.37. The van der Waals surface area contributed by atoms with Gasteiger partial charge >= 0.3 is 0 Å². The Morgan fingerprint density at radius 1 is 1.26 bits per heavy atom. The Labute approximate surface area is 122 Å². The zero-order valence-corrected chi connectivity index (χ0v) is 12.4. The monoisotopic (exact) mass is 322 g/mol. The number of carbonyl (C=O) groups is 1. The Kier molecular flexibility index (Phi) is 3.52. The highest BCUT2D eigenvalue weighted by Gasteiger charge is 2.41. The van der Waals surface area contributed by atoms with Crippen LogP contribution in [0.1, 0.15) is 36.0 Å². The molecule has 1 amide bonds. The van der Waals surface area contributed by atoms with E-state index in [9.17, 15) is 4.79 Å². The van der Waals surface area contributed by atoms with E-state index in [1.165, 1.54) is 25.7 Å². The van der Waals surface area contributed by atoms with Crippen LogP contribution in [0, 0.1) is 17.8 Å².